The highest BCUT2D eigenvalue weighted by Crippen LogP contribution is 2.25. The van der Waals surface area contributed by atoms with E-state index in [-0.39, 0.29) is 18.0 Å². The van der Waals surface area contributed by atoms with Crippen LogP contribution >= 0.6 is 11.6 Å². The third kappa shape index (κ3) is 5.48. The quantitative estimate of drug-likeness (QED) is 0.571. The van der Waals surface area contributed by atoms with E-state index in [0.717, 1.165) is 25.3 Å². The monoisotopic (exact) mass is 405 g/mol. The van der Waals surface area contributed by atoms with E-state index in [9.17, 15) is 4.39 Å². The Hall–Kier alpha value is -2.54. The molecule has 1 aromatic heterocycles. The number of halogens is 2. The molecule has 1 aliphatic heterocycles. The molecule has 8 heteroatoms. The summed E-state index contributed by atoms with van der Waals surface area (Å²) >= 11 is 6.25. The van der Waals surface area contributed by atoms with Crippen LogP contribution in [-0.2, 0) is 0 Å². The smallest absolute Gasteiger partial charge is 0.191 e. The number of hydrogen-bond donors (Lipinski definition) is 2. The number of anilines is 1. The van der Waals surface area contributed by atoms with Crippen LogP contribution in [0, 0.1) is 5.82 Å². The molecule has 2 N–H and O–H groups in total. The van der Waals surface area contributed by atoms with Gasteiger partial charge >= 0.3 is 0 Å². The zero-order chi connectivity index (χ0) is 19.9. The lowest BCUT2D eigenvalue weighted by atomic mass is 10.3. The molecule has 150 valence electrons. The van der Waals surface area contributed by atoms with Crippen molar-refractivity contribution in [2.24, 2.45) is 4.99 Å². The summed E-state index contributed by atoms with van der Waals surface area (Å²) in [5, 5.41) is 7.34. The van der Waals surface area contributed by atoms with Crippen molar-refractivity contribution in [1.29, 1.82) is 0 Å². The van der Waals surface area contributed by atoms with Crippen LogP contribution < -0.4 is 20.3 Å². The highest BCUT2D eigenvalue weighted by molar-refractivity contribution is 6.32. The van der Waals surface area contributed by atoms with Gasteiger partial charge in [-0.25, -0.2) is 9.37 Å². The number of ether oxygens (including phenoxy) is 1. The number of nitrogens with one attached hydrogen (secondary N) is 2. The molecule has 1 fully saturated rings. The van der Waals surface area contributed by atoms with Gasteiger partial charge < -0.3 is 20.3 Å². The van der Waals surface area contributed by atoms with Crippen molar-refractivity contribution in [2.45, 2.75) is 25.5 Å². The predicted molar refractivity (Wildman–Crippen MR) is 111 cm³/mol. The summed E-state index contributed by atoms with van der Waals surface area (Å²) in [4.78, 5) is 10.8. The van der Waals surface area contributed by atoms with E-state index >= 15 is 0 Å². The predicted octanol–water partition coefficient (Wildman–Crippen LogP) is 3.09. The average molecular weight is 406 g/mol. The van der Waals surface area contributed by atoms with Gasteiger partial charge in [0.1, 0.15) is 23.5 Å². The molecule has 2 aromatic rings. The number of guanidine groups is 1. The van der Waals surface area contributed by atoms with Gasteiger partial charge in [0, 0.05) is 38.4 Å². The van der Waals surface area contributed by atoms with Crippen LogP contribution in [0.4, 0.5) is 10.2 Å². The van der Waals surface area contributed by atoms with Crippen molar-refractivity contribution >= 4 is 23.4 Å². The Morgan fingerprint density at radius 2 is 2.29 bits per heavy atom. The van der Waals surface area contributed by atoms with Gasteiger partial charge in [-0.1, -0.05) is 17.7 Å². The van der Waals surface area contributed by atoms with E-state index in [1.54, 1.807) is 25.4 Å². The molecule has 2 atom stereocenters. The normalized spacial score (nSPS) is 18.1. The van der Waals surface area contributed by atoms with E-state index in [1.807, 2.05) is 19.1 Å². The first-order chi connectivity index (χ1) is 13.5. The van der Waals surface area contributed by atoms with Gasteiger partial charge in [-0.05, 0) is 37.6 Å². The van der Waals surface area contributed by atoms with Crippen LogP contribution in [-0.4, -0.2) is 49.8 Å². The Bertz CT molecular complexity index is 819. The Morgan fingerprint density at radius 1 is 1.43 bits per heavy atom. The first kappa shape index (κ1) is 20.2. The third-order valence-electron chi connectivity index (χ3n) is 4.48. The summed E-state index contributed by atoms with van der Waals surface area (Å²) in [6, 6.07) is 10.1. The third-order valence-corrected chi connectivity index (χ3v) is 4.78. The molecule has 0 amide bonds. The fraction of sp³-hybridized carbons (Fsp3) is 0.400. The highest BCUT2D eigenvalue weighted by atomic mass is 35.5. The molecule has 0 bridgehead atoms. The minimum Gasteiger partial charge on any atom is -0.489 e. The van der Waals surface area contributed by atoms with E-state index in [1.165, 1.54) is 12.1 Å². The number of rotatable bonds is 6. The molecule has 0 saturated carbocycles. The van der Waals surface area contributed by atoms with Crippen LogP contribution in [0.3, 0.4) is 0 Å². The van der Waals surface area contributed by atoms with Gasteiger partial charge in [0.15, 0.2) is 5.96 Å². The van der Waals surface area contributed by atoms with E-state index in [2.05, 4.69) is 25.5 Å². The van der Waals surface area contributed by atoms with Crippen molar-refractivity contribution in [3.63, 3.8) is 0 Å². The van der Waals surface area contributed by atoms with Crippen LogP contribution in [0.2, 0.25) is 5.02 Å². The number of nitrogens with zero attached hydrogens (tertiary/aromatic N) is 3. The Labute approximate surface area is 169 Å². The number of aliphatic imine (C=N–C) groups is 1. The lowest BCUT2D eigenvalue weighted by Crippen LogP contribution is -2.47. The summed E-state index contributed by atoms with van der Waals surface area (Å²) < 4.78 is 19.0. The van der Waals surface area contributed by atoms with Crippen LogP contribution in [0.1, 0.15) is 13.3 Å². The number of hydrogen-bond acceptors (Lipinski definition) is 4. The van der Waals surface area contributed by atoms with Crippen molar-refractivity contribution in [1.82, 2.24) is 15.6 Å². The maximum Gasteiger partial charge on any atom is 0.191 e. The van der Waals surface area contributed by atoms with Crippen molar-refractivity contribution in [3.05, 3.63) is 53.4 Å². The zero-order valence-electron chi connectivity index (χ0n) is 16.0. The molecule has 1 saturated heterocycles. The SMILES string of the molecule is CN=C(NCC(C)Oc1cccc(F)c1)NC1CCN(c2ncccc2Cl)C1. The molecular weight excluding hydrogens is 381 g/mol. The number of benzene rings is 1. The summed E-state index contributed by atoms with van der Waals surface area (Å²) in [6.07, 6.45) is 2.57. The summed E-state index contributed by atoms with van der Waals surface area (Å²) in [5.74, 6) is 1.71. The second-order valence-corrected chi connectivity index (χ2v) is 7.13. The lowest BCUT2D eigenvalue weighted by Gasteiger charge is -2.21. The van der Waals surface area contributed by atoms with Gasteiger partial charge in [-0.15, -0.1) is 0 Å². The maximum atomic E-state index is 13.3. The molecule has 3 rings (SSSR count). The van der Waals surface area contributed by atoms with E-state index in [4.69, 9.17) is 16.3 Å². The van der Waals surface area contributed by atoms with Gasteiger partial charge in [0.05, 0.1) is 11.6 Å². The molecule has 2 heterocycles. The number of pyridine rings is 1. The molecule has 0 spiro atoms. The largest absolute Gasteiger partial charge is 0.489 e. The first-order valence-corrected chi connectivity index (χ1v) is 9.68. The summed E-state index contributed by atoms with van der Waals surface area (Å²) in [7, 11) is 1.73. The lowest BCUT2D eigenvalue weighted by molar-refractivity contribution is 0.223. The Morgan fingerprint density at radius 3 is 3.04 bits per heavy atom. The zero-order valence-corrected chi connectivity index (χ0v) is 16.8. The summed E-state index contributed by atoms with van der Waals surface area (Å²) in [5.41, 5.74) is 0. The van der Waals surface area contributed by atoms with Crippen LogP contribution in [0.15, 0.2) is 47.6 Å². The number of aromatic nitrogens is 1. The first-order valence-electron chi connectivity index (χ1n) is 9.30. The molecule has 0 radical (unpaired) electrons. The molecule has 2 unspecified atom stereocenters. The second-order valence-electron chi connectivity index (χ2n) is 6.72. The Kier molecular flexibility index (Phi) is 6.92. The molecular formula is C20H25ClFN5O. The van der Waals surface area contributed by atoms with Crippen molar-refractivity contribution in [2.75, 3.05) is 31.6 Å². The highest BCUT2D eigenvalue weighted by Gasteiger charge is 2.25. The molecule has 1 aromatic carbocycles. The topological polar surface area (TPSA) is 61.8 Å². The minimum atomic E-state index is -0.311. The maximum absolute atomic E-state index is 13.3. The van der Waals surface area contributed by atoms with E-state index < -0.39 is 0 Å². The molecule has 1 aliphatic rings. The standard InChI is InChI=1S/C20H25ClFN5O/c1-14(28-17-6-3-5-15(22)11-17)12-25-20(23-2)26-16-8-10-27(13-16)19-18(21)7-4-9-24-19/h3-7,9,11,14,16H,8,10,12-13H2,1-2H3,(H2,23,25,26). The Balaban J connectivity index is 1.46. The van der Waals surface area contributed by atoms with E-state index in [0.29, 0.717) is 23.3 Å². The van der Waals surface area contributed by atoms with Gasteiger partial charge in [0.2, 0.25) is 0 Å². The van der Waals surface area contributed by atoms with Crippen molar-refractivity contribution in [3.8, 4) is 5.75 Å². The second kappa shape index (κ2) is 9.59. The van der Waals surface area contributed by atoms with Crippen LogP contribution in [0.25, 0.3) is 0 Å². The van der Waals surface area contributed by atoms with Crippen LogP contribution in [0.5, 0.6) is 5.75 Å². The summed E-state index contributed by atoms with van der Waals surface area (Å²) in [6.45, 7) is 4.14. The molecule has 6 nitrogen and oxygen atoms in total. The van der Waals surface area contributed by atoms with Gasteiger partial charge in [0.25, 0.3) is 0 Å². The van der Waals surface area contributed by atoms with Gasteiger partial charge in [-0.2, -0.15) is 0 Å². The molecule has 0 aliphatic carbocycles. The minimum absolute atomic E-state index is 0.146. The molecule has 28 heavy (non-hydrogen) atoms. The van der Waals surface area contributed by atoms with Crippen molar-refractivity contribution < 1.29 is 9.13 Å². The fourth-order valence-corrected chi connectivity index (χ4v) is 3.36. The average Bonchev–Trinajstić information content (AvgIpc) is 3.13. The fourth-order valence-electron chi connectivity index (χ4n) is 3.12. The van der Waals surface area contributed by atoms with Gasteiger partial charge in [-0.3, -0.25) is 4.99 Å².